The molecule has 198 valence electrons. The lowest BCUT2D eigenvalue weighted by molar-refractivity contribution is -0.384. The van der Waals surface area contributed by atoms with Crippen LogP contribution in [0.4, 0.5) is 34.1 Å². The van der Waals surface area contributed by atoms with Crippen LogP contribution in [0.2, 0.25) is 0 Å². The number of methoxy groups -OCH3 is 2. The second-order valence-electron chi connectivity index (χ2n) is 7.81. The van der Waals surface area contributed by atoms with E-state index in [2.05, 4.69) is 25.4 Å². The SMILES string of the molecule is CCN(CCOC(C)=O)c1ccc(N=Nc2cc(OC)c(N=Nc3ccc([N+](=O)[O-])cc3)cc2OC)cc1. The van der Waals surface area contributed by atoms with Crippen molar-refractivity contribution in [2.24, 2.45) is 20.5 Å². The van der Waals surface area contributed by atoms with Gasteiger partial charge in [0.25, 0.3) is 5.69 Å². The summed E-state index contributed by atoms with van der Waals surface area (Å²) >= 11 is 0. The van der Waals surface area contributed by atoms with Gasteiger partial charge < -0.3 is 19.1 Å². The van der Waals surface area contributed by atoms with Crippen molar-refractivity contribution in [3.05, 3.63) is 70.8 Å². The predicted octanol–water partition coefficient (Wildman–Crippen LogP) is 6.83. The van der Waals surface area contributed by atoms with Gasteiger partial charge in [0.15, 0.2) is 0 Å². The Morgan fingerprint density at radius 3 is 1.79 bits per heavy atom. The number of azo groups is 2. The maximum atomic E-state index is 11.0. The molecule has 0 atom stereocenters. The molecule has 0 saturated heterocycles. The Labute approximate surface area is 219 Å². The minimum Gasteiger partial charge on any atom is -0.494 e. The Morgan fingerprint density at radius 2 is 1.37 bits per heavy atom. The van der Waals surface area contributed by atoms with Gasteiger partial charge in [-0.05, 0) is 43.3 Å². The number of hydrogen-bond acceptors (Lipinski definition) is 11. The third-order valence-corrected chi connectivity index (χ3v) is 5.35. The molecule has 0 unspecified atom stereocenters. The van der Waals surface area contributed by atoms with E-state index in [9.17, 15) is 14.9 Å². The van der Waals surface area contributed by atoms with Gasteiger partial charge in [-0.15, -0.1) is 10.2 Å². The van der Waals surface area contributed by atoms with Crippen LogP contribution in [0.25, 0.3) is 0 Å². The topological polar surface area (TPSA) is 141 Å². The summed E-state index contributed by atoms with van der Waals surface area (Å²) in [4.78, 5) is 23.4. The highest BCUT2D eigenvalue weighted by Gasteiger charge is 2.12. The van der Waals surface area contributed by atoms with Crippen molar-refractivity contribution in [3.8, 4) is 11.5 Å². The highest BCUT2D eigenvalue weighted by Crippen LogP contribution is 2.41. The van der Waals surface area contributed by atoms with Crippen LogP contribution in [0.3, 0.4) is 0 Å². The molecule has 3 rings (SSSR count). The van der Waals surface area contributed by atoms with Crippen molar-refractivity contribution in [2.75, 3.05) is 38.8 Å². The summed E-state index contributed by atoms with van der Waals surface area (Å²) in [7, 11) is 3.00. The van der Waals surface area contributed by atoms with Gasteiger partial charge >= 0.3 is 5.97 Å². The Morgan fingerprint density at radius 1 is 0.868 bits per heavy atom. The molecule has 0 radical (unpaired) electrons. The Bertz CT molecular complexity index is 1310. The molecule has 38 heavy (non-hydrogen) atoms. The molecular weight excluding hydrogens is 492 g/mol. The predicted molar refractivity (Wildman–Crippen MR) is 142 cm³/mol. The summed E-state index contributed by atoms with van der Waals surface area (Å²) in [6.45, 7) is 5.07. The minimum atomic E-state index is -0.482. The monoisotopic (exact) mass is 520 g/mol. The van der Waals surface area contributed by atoms with E-state index in [1.54, 1.807) is 12.1 Å². The standard InChI is InChI=1S/C26H28N6O6/c1-5-31(14-15-38-18(2)33)21-10-6-19(7-11-21)27-29-23-16-26(37-4)24(17-25(23)36-3)30-28-20-8-12-22(13-9-20)32(34)35/h6-13,16-17H,5,14-15H2,1-4H3. The molecular formula is C26H28N6O6. The summed E-state index contributed by atoms with van der Waals surface area (Å²) in [5.41, 5.74) is 2.83. The molecule has 3 aromatic carbocycles. The molecule has 0 heterocycles. The molecule has 0 N–H and O–H groups in total. The zero-order valence-corrected chi connectivity index (χ0v) is 21.5. The number of hydrogen-bond donors (Lipinski definition) is 0. The summed E-state index contributed by atoms with van der Waals surface area (Å²) in [5.74, 6) is 0.503. The average molecular weight is 521 g/mol. The first-order valence-corrected chi connectivity index (χ1v) is 11.7. The summed E-state index contributed by atoms with van der Waals surface area (Å²) in [5, 5.41) is 27.8. The van der Waals surface area contributed by atoms with Crippen molar-refractivity contribution in [3.63, 3.8) is 0 Å². The molecule has 3 aromatic rings. The van der Waals surface area contributed by atoms with E-state index >= 15 is 0 Å². The van der Waals surface area contributed by atoms with E-state index < -0.39 is 4.92 Å². The first kappa shape index (κ1) is 27.7. The lowest BCUT2D eigenvalue weighted by atomic mass is 10.2. The third-order valence-electron chi connectivity index (χ3n) is 5.35. The van der Waals surface area contributed by atoms with Gasteiger partial charge in [0, 0.05) is 43.4 Å². The zero-order chi connectivity index (χ0) is 27.5. The highest BCUT2D eigenvalue weighted by atomic mass is 16.6. The number of anilines is 1. The van der Waals surface area contributed by atoms with Crippen molar-refractivity contribution in [1.29, 1.82) is 0 Å². The molecule has 0 spiro atoms. The van der Waals surface area contributed by atoms with Crippen LogP contribution < -0.4 is 14.4 Å². The fourth-order valence-electron chi connectivity index (χ4n) is 3.39. The van der Waals surface area contributed by atoms with Crippen LogP contribution in [-0.2, 0) is 9.53 Å². The fourth-order valence-corrected chi connectivity index (χ4v) is 3.39. The van der Waals surface area contributed by atoms with Crippen molar-refractivity contribution >= 4 is 40.1 Å². The van der Waals surface area contributed by atoms with Crippen LogP contribution >= 0.6 is 0 Å². The molecule has 0 amide bonds. The molecule has 0 saturated carbocycles. The van der Waals surface area contributed by atoms with E-state index in [0.29, 0.717) is 47.4 Å². The average Bonchev–Trinajstić information content (AvgIpc) is 2.93. The van der Waals surface area contributed by atoms with Gasteiger partial charge in [0.05, 0.1) is 37.1 Å². The second-order valence-corrected chi connectivity index (χ2v) is 7.81. The number of nitro groups is 1. The van der Waals surface area contributed by atoms with Gasteiger partial charge in [-0.3, -0.25) is 14.9 Å². The van der Waals surface area contributed by atoms with Gasteiger partial charge in [-0.2, -0.15) is 10.2 Å². The Hall–Kier alpha value is -4.87. The summed E-state index contributed by atoms with van der Waals surface area (Å²) < 4.78 is 15.9. The van der Waals surface area contributed by atoms with E-state index in [1.807, 2.05) is 31.2 Å². The zero-order valence-electron chi connectivity index (χ0n) is 21.5. The number of carbonyl (C=O) groups excluding carboxylic acids is 1. The van der Waals surface area contributed by atoms with E-state index in [0.717, 1.165) is 12.2 Å². The van der Waals surface area contributed by atoms with Crippen molar-refractivity contribution in [2.45, 2.75) is 13.8 Å². The smallest absolute Gasteiger partial charge is 0.302 e. The molecule has 0 aliphatic rings. The number of likely N-dealkylation sites (N-methyl/N-ethyl adjacent to an activating group) is 1. The van der Waals surface area contributed by atoms with Gasteiger partial charge in [-0.1, -0.05) is 0 Å². The third kappa shape index (κ3) is 7.56. The van der Waals surface area contributed by atoms with Crippen LogP contribution in [0, 0.1) is 10.1 Å². The Balaban J connectivity index is 1.76. The summed E-state index contributed by atoms with van der Waals surface area (Å²) in [6.07, 6.45) is 0. The lowest BCUT2D eigenvalue weighted by Crippen LogP contribution is -2.27. The largest absolute Gasteiger partial charge is 0.494 e. The molecule has 12 heteroatoms. The number of esters is 1. The summed E-state index contributed by atoms with van der Waals surface area (Å²) in [6, 6.07) is 16.5. The van der Waals surface area contributed by atoms with Crippen LogP contribution in [0.5, 0.6) is 11.5 Å². The van der Waals surface area contributed by atoms with E-state index in [1.165, 1.54) is 45.4 Å². The lowest BCUT2D eigenvalue weighted by Gasteiger charge is -2.22. The van der Waals surface area contributed by atoms with Gasteiger partial charge in [-0.25, -0.2) is 0 Å². The molecule has 0 aliphatic carbocycles. The normalized spacial score (nSPS) is 11.1. The van der Waals surface area contributed by atoms with Crippen molar-refractivity contribution < 1.29 is 23.9 Å². The van der Waals surface area contributed by atoms with Crippen LogP contribution in [0.1, 0.15) is 13.8 Å². The van der Waals surface area contributed by atoms with Crippen molar-refractivity contribution in [1.82, 2.24) is 0 Å². The number of nitrogens with zero attached hydrogens (tertiary/aromatic N) is 6. The van der Waals surface area contributed by atoms with Gasteiger partial charge in [0.1, 0.15) is 29.5 Å². The number of ether oxygens (including phenoxy) is 3. The molecule has 0 aliphatic heterocycles. The Kier molecular flexibility index (Phi) is 9.80. The molecule has 0 fully saturated rings. The number of nitro benzene ring substituents is 1. The number of rotatable bonds is 12. The molecule has 0 bridgehead atoms. The minimum absolute atomic E-state index is 0.0329. The first-order valence-electron chi connectivity index (χ1n) is 11.7. The highest BCUT2D eigenvalue weighted by molar-refractivity contribution is 5.67. The number of benzene rings is 3. The molecule has 12 nitrogen and oxygen atoms in total. The van der Waals surface area contributed by atoms with Crippen LogP contribution in [-0.4, -0.2) is 44.8 Å². The number of carbonyl (C=O) groups is 1. The van der Waals surface area contributed by atoms with E-state index in [4.69, 9.17) is 14.2 Å². The van der Waals surface area contributed by atoms with E-state index in [-0.39, 0.29) is 11.7 Å². The quantitative estimate of drug-likeness (QED) is 0.110. The fraction of sp³-hybridized carbons (Fsp3) is 0.269. The number of non-ortho nitro benzene ring substituents is 1. The maximum Gasteiger partial charge on any atom is 0.302 e. The van der Waals surface area contributed by atoms with Gasteiger partial charge in [0.2, 0.25) is 0 Å². The maximum absolute atomic E-state index is 11.0. The second kappa shape index (κ2) is 13.4. The molecule has 0 aromatic heterocycles. The van der Waals surface area contributed by atoms with Crippen LogP contribution in [0.15, 0.2) is 81.1 Å². The first-order chi connectivity index (χ1) is 18.3.